The van der Waals surface area contributed by atoms with Crippen LogP contribution in [-0.4, -0.2) is 38.3 Å². The molecule has 1 aliphatic rings. The standard InChI is InChI=1S/C12H25NO/c1-5-12(6-7-14-10-12)9-13(4)8-11(2)3/h11H,5-10H2,1-4H3. The highest BCUT2D eigenvalue weighted by atomic mass is 16.5. The topological polar surface area (TPSA) is 12.5 Å². The summed E-state index contributed by atoms with van der Waals surface area (Å²) < 4.78 is 5.53. The number of nitrogens with zero attached hydrogens (tertiary/aromatic N) is 1. The van der Waals surface area contributed by atoms with Crippen LogP contribution in [-0.2, 0) is 4.74 Å². The summed E-state index contributed by atoms with van der Waals surface area (Å²) in [5.74, 6) is 0.760. The van der Waals surface area contributed by atoms with Gasteiger partial charge in [0.2, 0.25) is 0 Å². The smallest absolute Gasteiger partial charge is 0.0535 e. The maximum atomic E-state index is 5.53. The van der Waals surface area contributed by atoms with E-state index >= 15 is 0 Å². The van der Waals surface area contributed by atoms with E-state index in [9.17, 15) is 0 Å². The van der Waals surface area contributed by atoms with Crippen LogP contribution in [0.25, 0.3) is 0 Å². The van der Waals surface area contributed by atoms with E-state index in [-0.39, 0.29) is 0 Å². The minimum absolute atomic E-state index is 0.448. The summed E-state index contributed by atoms with van der Waals surface area (Å²) in [4.78, 5) is 2.46. The molecule has 1 atom stereocenters. The average Bonchev–Trinajstić information content (AvgIpc) is 2.52. The molecule has 0 aliphatic carbocycles. The Hall–Kier alpha value is -0.0800. The van der Waals surface area contributed by atoms with Gasteiger partial charge in [-0.3, -0.25) is 0 Å². The maximum absolute atomic E-state index is 5.53. The van der Waals surface area contributed by atoms with Crippen LogP contribution < -0.4 is 0 Å². The molecule has 0 aromatic carbocycles. The summed E-state index contributed by atoms with van der Waals surface area (Å²) in [5.41, 5.74) is 0.448. The molecule has 1 rings (SSSR count). The Bertz CT molecular complexity index is 162. The molecule has 1 heterocycles. The fourth-order valence-corrected chi connectivity index (χ4v) is 2.43. The highest BCUT2D eigenvalue weighted by molar-refractivity contribution is 4.84. The van der Waals surface area contributed by atoms with Crippen molar-refractivity contribution in [2.45, 2.75) is 33.6 Å². The Labute approximate surface area is 88.6 Å². The quantitative estimate of drug-likeness (QED) is 0.674. The van der Waals surface area contributed by atoms with Crippen molar-refractivity contribution in [1.29, 1.82) is 0 Å². The van der Waals surface area contributed by atoms with E-state index in [0.29, 0.717) is 5.41 Å². The Balaban J connectivity index is 2.39. The van der Waals surface area contributed by atoms with E-state index in [1.54, 1.807) is 0 Å². The molecule has 84 valence electrons. The minimum atomic E-state index is 0.448. The van der Waals surface area contributed by atoms with E-state index in [1.807, 2.05) is 0 Å². The van der Waals surface area contributed by atoms with Crippen LogP contribution in [0.5, 0.6) is 0 Å². The molecule has 1 unspecified atom stereocenters. The lowest BCUT2D eigenvalue weighted by Gasteiger charge is -2.32. The van der Waals surface area contributed by atoms with E-state index in [1.165, 1.54) is 25.9 Å². The van der Waals surface area contributed by atoms with Crippen LogP contribution in [0.3, 0.4) is 0 Å². The monoisotopic (exact) mass is 199 g/mol. The van der Waals surface area contributed by atoms with Crippen molar-refractivity contribution in [2.75, 3.05) is 33.4 Å². The molecule has 2 nitrogen and oxygen atoms in total. The van der Waals surface area contributed by atoms with Crippen molar-refractivity contribution in [3.63, 3.8) is 0 Å². The number of rotatable bonds is 5. The lowest BCUT2D eigenvalue weighted by atomic mass is 9.84. The maximum Gasteiger partial charge on any atom is 0.0535 e. The zero-order valence-corrected chi connectivity index (χ0v) is 10.2. The van der Waals surface area contributed by atoms with Gasteiger partial charge in [-0.25, -0.2) is 0 Å². The Morgan fingerprint density at radius 3 is 2.57 bits per heavy atom. The summed E-state index contributed by atoms with van der Waals surface area (Å²) in [6.07, 6.45) is 2.49. The van der Waals surface area contributed by atoms with Gasteiger partial charge in [0.25, 0.3) is 0 Å². The summed E-state index contributed by atoms with van der Waals surface area (Å²) in [6.45, 7) is 11.2. The van der Waals surface area contributed by atoms with Gasteiger partial charge in [-0.15, -0.1) is 0 Å². The first kappa shape index (κ1) is 12.0. The zero-order valence-electron chi connectivity index (χ0n) is 10.2. The van der Waals surface area contributed by atoms with Crippen LogP contribution in [0.1, 0.15) is 33.6 Å². The molecule has 14 heavy (non-hydrogen) atoms. The molecule has 0 amide bonds. The second-order valence-corrected chi connectivity index (χ2v) is 5.25. The Morgan fingerprint density at radius 2 is 2.14 bits per heavy atom. The third kappa shape index (κ3) is 3.25. The van der Waals surface area contributed by atoms with Crippen molar-refractivity contribution in [2.24, 2.45) is 11.3 Å². The fourth-order valence-electron chi connectivity index (χ4n) is 2.43. The molecular weight excluding hydrogens is 174 g/mol. The van der Waals surface area contributed by atoms with Crippen molar-refractivity contribution in [3.05, 3.63) is 0 Å². The number of hydrogen-bond acceptors (Lipinski definition) is 2. The molecule has 0 radical (unpaired) electrons. The lowest BCUT2D eigenvalue weighted by Crippen LogP contribution is -2.37. The summed E-state index contributed by atoms with van der Waals surface area (Å²) in [7, 11) is 2.23. The van der Waals surface area contributed by atoms with E-state index in [2.05, 4.69) is 32.7 Å². The van der Waals surface area contributed by atoms with Crippen LogP contribution in [0, 0.1) is 11.3 Å². The van der Waals surface area contributed by atoms with Gasteiger partial charge < -0.3 is 9.64 Å². The predicted molar refractivity (Wildman–Crippen MR) is 60.5 cm³/mol. The molecule has 1 aliphatic heterocycles. The van der Waals surface area contributed by atoms with Gasteiger partial charge in [0, 0.05) is 25.1 Å². The van der Waals surface area contributed by atoms with Crippen molar-refractivity contribution >= 4 is 0 Å². The zero-order chi connectivity index (χ0) is 10.6. The third-order valence-corrected chi connectivity index (χ3v) is 3.22. The third-order valence-electron chi connectivity index (χ3n) is 3.22. The van der Waals surface area contributed by atoms with Gasteiger partial charge in [0.05, 0.1) is 6.61 Å². The molecule has 2 heteroatoms. The highest BCUT2D eigenvalue weighted by Gasteiger charge is 2.33. The van der Waals surface area contributed by atoms with E-state index in [4.69, 9.17) is 4.74 Å². The summed E-state index contributed by atoms with van der Waals surface area (Å²) in [6, 6.07) is 0. The van der Waals surface area contributed by atoms with Gasteiger partial charge in [0.15, 0.2) is 0 Å². The normalized spacial score (nSPS) is 27.9. The fraction of sp³-hybridized carbons (Fsp3) is 1.00. The predicted octanol–water partition coefficient (Wildman–Crippen LogP) is 2.39. The molecule has 0 spiro atoms. The first-order valence-electron chi connectivity index (χ1n) is 5.84. The first-order valence-corrected chi connectivity index (χ1v) is 5.84. The molecule has 0 bridgehead atoms. The molecule has 1 fully saturated rings. The van der Waals surface area contributed by atoms with E-state index in [0.717, 1.165) is 19.1 Å². The number of ether oxygens (including phenoxy) is 1. The summed E-state index contributed by atoms with van der Waals surface area (Å²) >= 11 is 0. The number of hydrogen-bond donors (Lipinski definition) is 0. The minimum Gasteiger partial charge on any atom is -0.381 e. The van der Waals surface area contributed by atoms with Crippen molar-refractivity contribution in [1.82, 2.24) is 4.90 Å². The molecule has 0 saturated carbocycles. The average molecular weight is 199 g/mol. The Kier molecular flexibility index (Phi) is 4.39. The molecule has 0 aromatic rings. The van der Waals surface area contributed by atoms with Gasteiger partial charge in [-0.1, -0.05) is 20.8 Å². The molecule has 1 saturated heterocycles. The van der Waals surface area contributed by atoms with E-state index < -0.39 is 0 Å². The van der Waals surface area contributed by atoms with Gasteiger partial charge >= 0.3 is 0 Å². The van der Waals surface area contributed by atoms with Gasteiger partial charge in [-0.05, 0) is 25.8 Å². The molecule has 0 aromatic heterocycles. The van der Waals surface area contributed by atoms with Crippen molar-refractivity contribution in [3.8, 4) is 0 Å². The molecule has 0 N–H and O–H groups in total. The van der Waals surface area contributed by atoms with Crippen LogP contribution >= 0.6 is 0 Å². The van der Waals surface area contributed by atoms with Crippen LogP contribution in [0.15, 0.2) is 0 Å². The first-order chi connectivity index (χ1) is 6.58. The van der Waals surface area contributed by atoms with Crippen molar-refractivity contribution < 1.29 is 4.74 Å². The highest BCUT2D eigenvalue weighted by Crippen LogP contribution is 2.32. The second kappa shape index (κ2) is 5.13. The van der Waals surface area contributed by atoms with Gasteiger partial charge in [-0.2, -0.15) is 0 Å². The SMILES string of the molecule is CCC1(CN(C)CC(C)C)CCOC1. The Morgan fingerprint density at radius 1 is 1.43 bits per heavy atom. The van der Waals surface area contributed by atoms with Gasteiger partial charge in [0.1, 0.15) is 0 Å². The largest absolute Gasteiger partial charge is 0.381 e. The summed E-state index contributed by atoms with van der Waals surface area (Å²) in [5, 5.41) is 0. The lowest BCUT2D eigenvalue weighted by molar-refractivity contribution is 0.113. The molecular formula is C12H25NO. The van der Waals surface area contributed by atoms with Crippen LogP contribution in [0.4, 0.5) is 0 Å². The second-order valence-electron chi connectivity index (χ2n) is 5.25. The van der Waals surface area contributed by atoms with Crippen LogP contribution in [0.2, 0.25) is 0 Å².